The fourth-order valence-corrected chi connectivity index (χ4v) is 0.938. The van der Waals surface area contributed by atoms with Crippen molar-refractivity contribution in [1.29, 1.82) is 0 Å². The standard InChI is InChI=1S/C6H10O2/c7-4-3-6-2-1-5-8-6/h4,6H,1-3,5H2/t6-/m1/s1. The average Bonchev–Trinajstić information content (AvgIpc) is 2.19. The second-order valence-corrected chi connectivity index (χ2v) is 2.04. The molecule has 1 rings (SSSR count). The Morgan fingerprint density at radius 2 is 2.62 bits per heavy atom. The van der Waals surface area contributed by atoms with Crippen molar-refractivity contribution in [3.8, 4) is 0 Å². The maximum Gasteiger partial charge on any atom is 0.122 e. The molecule has 0 saturated carbocycles. The fraction of sp³-hybridized carbons (Fsp3) is 0.833. The van der Waals surface area contributed by atoms with Gasteiger partial charge in [0.2, 0.25) is 0 Å². The van der Waals surface area contributed by atoms with E-state index in [1.165, 1.54) is 0 Å². The van der Waals surface area contributed by atoms with Crippen molar-refractivity contribution in [2.75, 3.05) is 6.61 Å². The number of rotatable bonds is 2. The summed E-state index contributed by atoms with van der Waals surface area (Å²) in [5.74, 6) is 0. The highest BCUT2D eigenvalue weighted by atomic mass is 16.5. The van der Waals surface area contributed by atoms with Crippen LogP contribution in [0, 0.1) is 0 Å². The molecule has 0 spiro atoms. The second kappa shape index (κ2) is 2.82. The van der Waals surface area contributed by atoms with E-state index in [-0.39, 0.29) is 6.10 Å². The van der Waals surface area contributed by atoms with E-state index in [0.717, 1.165) is 25.7 Å². The highest BCUT2D eigenvalue weighted by Crippen LogP contribution is 2.13. The van der Waals surface area contributed by atoms with Gasteiger partial charge in [0.25, 0.3) is 0 Å². The van der Waals surface area contributed by atoms with E-state index in [0.29, 0.717) is 6.42 Å². The molecular weight excluding hydrogens is 104 g/mol. The molecule has 1 aliphatic rings. The molecule has 0 amide bonds. The lowest BCUT2D eigenvalue weighted by Crippen LogP contribution is -2.03. The zero-order valence-electron chi connectivity index (χ0n) is 4.80. The molecule has 8 heavy (non-hydrogen) atoms. The lowest BCUT2D eigenvalue weighted by molar-refractivity contribution is -0.109. The number of aldehydes is 1. The molecule has 2 nitrogen and oxygen atoms in total. The summed E-state index contributed by atoms with van der Waals surface area (Å²) in [6.45, 7) is 0.846. The molecule has 0 aromatic rings. The monoisotopic (exact) mass is 114 g/mol. The highest BCUT2D eigenvalue weighted by molar-refractivity contribution is 5.50. The van der Waals surface area contributed by atoms with Crippen molar-refractivity contribution < 1.29 is 9.53 Å². The zero-order valence-corrected chi connectivity index (χ0v) is 4.80. The summed E-state index contributed by atoms with van der Waals surface area (Å²) in [6, 6.07) is 0. The van der Waals surface area contributed by atoms with Gasteiger partial charge < -0.3 is 9.53 Å². The lowest BCUT2D eigenvalue weighted by atomic mass is 10.2. The molecule has 0 unspecified atom stereocenters. The summed E-state index contributed by atoms with van der Waals surface area (Å²) in [6.07, 6.45) is 3.94. The van der Waals surface area contributed by atoms with Crippen LogP contribution >= 0.6 is 0 Å². The first-order valence-electron chi connectivity index (χ1n) is 2.98. The Morgan fingerprint density at radius 3 is 3.12 bits per heavy atom. The van der Waals surface area contributed by atoms with Gasteiger partial charge in [-0.2, -0.15) is 0 Å². The summed E-state index contributed by atoms with van der Waals surface area (Å²) < 4.78 is 5.16. The van der Waals surface area contributed by atoms with Gasteiger partial charge in [-0.15, -0.1) is 0 Å². The third kappa shape index (κ3) is 1.30. The Balaban J connectivity index is 2.14. The van der Waals surface area contributed by atoms with E-state index < -0.39 is 0 Å². The molecule has 0 radical (unpaired) electrons. The normalized spacial score (nSPS) is 28.2. The van der Waals surface area contributed by atoms with Gasteiger partial charge in [-0.1, -0.05) is 0 Å². The Kier molecular flexibility index (Phi) is 2.03. The van der Waals surface area contributed by atoms with Gasteiger partial charge in [0.1, 0.15) is 6.29 Å². The predicted octanol–water partition coefficient (Wildman–Crippen LogP) is 0.754. The molecule has 1 fully saturated rings. The van der Waals surface area contributed by atoms with Gasteiger partial charge in [0, 0.05) is 13.0 Å². The molecule has 1 saturated heterocycles. The lowest BCUT2D eigenvalue weighted by Gasteiger charge is -2.00. The highest BCUT2D eigenvalue weighted by Gasteiger charge is 2.13. The molecule has 2 heteroatoms. The van der Waals surface area contributed by atoms with Gasteiger partial charge in [-0.25, -0.2) is 0 Å². The molecular formula is C6H10O2. The number of carbonyl (C=O) groups excluding carboxylic acids is 1. The van der Waals surface area contributed by atoms with E-state index in [1.807, 2.05) is 0 Å². The fourth-order valence-electron chi connectivity index (χ4n) is 0.938. The van der Waals surface area contributed by atoms with Crippen molar-refractivity contribution in [3.05, 3.63) is 0 Å². The summed E-state index contributed by atoms with van der Waals surface area (Å²) in [5, 5.41) is 0. The molecule has 1 atom stereocenters. The smallest absolute Gasteiger partial charge is 0.122 e. The molecule has 1 aliphatic heterocycles. The van der Waals surface area contributed by atoms with Crippen LogP contribution in [-0.4, -0.2) is 19.0 Å². The van der Waals surface area contributed by atoms with Crippen molar-refractivity contribution >= 4 is 6.29 Å². The summed E-state index contributed by atoms with van der Waals surface area (Å²) in [4.78, 5) is 9.88. The number of carbonyl (C=O) groups is 1. The van der Waals surface area contributed by atoms with Crippen LogP contribution in [0.3, 0.4) is 0 Å². The van der Waals surface area contributed by atoms with Crippen LogP contribution in [0.4, 0.5) is 0 Å². The molecule has 1 heterocycles. The maximum atomic E-state index is 9.88. The SMILES string of the molecule is O=CC[C@H]1CCCO1. The minimum Gasteiger partial charge on any atom is -0.378 e. The first-order valence-corrected chi connectivity index (χ1v) is 2.98. The molecule has 0 aromatic heterocycles. The van der Waals surface area contributed by atoms with Crippen LogP contribution in [0.15, 0.2) is 0 Å². The van der Waals surface area contributed by atoms with Crippen molar-refractivity contribution in [2.24, 2.45) is 0 Å². The number of ether oxygens (including phenoxy) is 1. The molecule has 0 N–H and O–H groups in total. The van der Waals surface area contributed by atoms with Gasteiger partial charge in [-0.05, 0) is 12.8 Å². The Bertz CT molecular complexity index is 74.6. The second-order valence-electron chi connectivity index (χ2n) is 2.04. The van der Waals surface area contributed by atoms with Crippen LogP contribution in [0.25, 0.3) is 0 Å². The Labute approximate surface area is 48.8 Å². The van der Waals surface area contributed by atoms with E-state index in [9.17, 15) is 4.79 Å². The van der Waals surface area contributed by atoms with Gasteiger partial charge in [0.15, 0.2) is 0 Å². The van der Waals surface area contributed by atoms with Crippen molar-refractivity contribution in [1.82, 2.24) is 0 Å². The molecule has 46 valence electrons. The Hall–Kier alpha value is -0.370. The van der Waals surface area contributed by atoms with Crippen LogP contribution in [-0.2, 0) is 9.53 Å². The quantitative estimate of drug-likeness (QED) is 0.495. The van der Waals surface area contributed by atoms with Crippen LogP contribution in [0.2, 0.25) is 0 Å². The van der Waals surface area contributed by atoms with E-state index in [2.05, 4.69) is 0 Å². The largest absolute Gasteiger partial charge is 0.378 e. The van der Waals surface area contributed by atoms with Gasteiger partial charge >= 0.3 is 0 Å². The van der Waals surface area contributed by atoms with Crippen LogP contribution in [0.1, 0.15) is 19.3 Å². The van der Waals surface area contributed by atoms with Crippen molar-refractivity contribution in [2.45, 2.75) is 25.4 Å². The van der Waals surface area contributed by atoms with Crippen LogP contribution < -0.4 is 0 Å². The third-order valence-corrected chi connectivity index (χ3v) is 1.38. The van der Waals surface area contributed by atoms with Crippen molar-refractivity contribution in [3.63, 3.8) is 0 Å². The van der Waals surface area contributed by atoms with Gasteiger partial charge in [-0.3, -0.25) is 0 Å². The third-order valence-electron chi connectivity index (χ3n) is 1.38. The van der Waals surface area contributed by atoms with E-state index in [1.54, 1.807) is 0 Å². The van der Waals surface area contributed by atoms with Gasteiger partial charge in [0.05, 0.1) is 6.10 Å². The summed E-state index contributed by atoms with van der Waals surface area (Å²) in [7, 11) is 0. The molecule has 0 aliphatic carbocycles. The van der Waals surface area contributed by atoms with Crippen LogP contribution in [0.5, 0.6) is 0 Å². The zero-order chi connectivity index (χ0) is 5.82. The topological polar surface area (TPSA) is 26.3 Å². The predicted molar refractivity (Wildman–Crippen MR) is 29.7 cm³/mol. The first-order chi connectivity index (χ1) is 3.93. The molecule has 0 bridgehead atoms. The molecule has 0 aromatic carbocycles. The summed E-state index contributed by atoms with van der Waals surface area (Å²) >= 11 is 0. The Morgan fingerprint density at radius 1 is 1.75 bits per heavy atom. The minimum atomic E-state index is 0.243. The summed E-state index contributed by atoms with van der Waals surface area (Å²) in [5.41, 5.74) is 0. The number of hydrogen-bond acceptors (Lipinski definition) is 2. The van der Waals surface area contributed by atoms with E-state index >= 15 is 0 Å². The first kappa shape index (κ1) is 5.76. The van der Waals surface area contributed by atoms with E-state index in [4.69, 9.17) is 4.74 Å². The average molecular weight is 114 g/mol. The minimum absolute atomic E-state index is 0.243. The number of hydrogen-bond donors (Lipinski definition) is 0. The maximum absolute atomic E-state index is 9.88.